The van der Waals surface area contributed by atoms with Gasteiger partial charge in [-0.3, -0.25) is 4.79 Å². The summed E-state index contributed by atoms with van der Waals surface area (Å²) in [7, 11) is 1.73. The SMILES string of the molecule is Cn1ccnc1C(NC(=O)c1cc(F)c(F)cc1Cl)c1ccc(F)cc1. The lowest BCUT2D eigenvalue weighted by Crippen LogP contribution is -2.31. The second-order valence-electron chi connectivity index (χ2n) is 5.60. The van der Waals surface area contributed by atoms with Crippen LogP contribution in [0.25, 0.3) is 0 Å². The fourth-order valence-corrected chi connectivity index (χ4v) is 2.75. The Hall–Kier alpha value is -2.80. The Kier molecular flexibility index (Phi) is 4.99. The van der Waals surface area contributed by atoms with E-state index in [9.17, 15) is 18.0 Å². The molecule has 134 valence electrons. The van der Waals surface area contributed by atoms with Crippen molar-refractivity contribution in [1.29, 1.82) is 0 Å². The van der Waals surface area contributed by atoms with Crippen LogP contribution in [0.15, 0.2) is 48.8 Å². The van der Waals surface area contributed by atoms with Crippen molar-refractivity contribution >= 4 is 17.5 Å². The Bertz CT molecular complexity index is 957. The molecule has 0 aliphatic rings. The van der Waals surface area contributed by atoms with Gasteiger partial charge < -0.3 is 9.88 Å². The summed E-state index contributed by atoms with van der Waals surface area (Å²) in [6.07, 6.45) is 3.23. The van der Waals surface area contributed by atoms with E-state index < -0.39 is 29.4 Å². The van der Waals surface area contributed by atoms with Crippen LogP contribution in [0.3, 0.4) is 0 Å². The van der Waals surface area contributed by atoms with Crippen LogP contribution in [0, 0.1) is 17.5 Å². The molecule has 1 amide bonds. The van der Waals surface area contributed by atoms with Crippen LogP contribution in [-0.2, 0) is 7.05 Å². The first kappa shape index (κ1) is 18.0. The number of carbonyl (C=O) groups is 1. The maximum atomic E-state index is 13.5. The quantitative estimate of drug-likeness (QED) is 0.696. The smallest absolute Gasteiger partial charge is 0.253 e. The highest BCUT2D eigenvalue weighted by molar-refractivity contribution is 6.33. The van der Waals surface area contributed by atoms with Crippen molar-refractivity contribution in [3.63, 3.8) is 0 Å². The van der Waals surface area contributed by atoms with Gasteiger partial charge in [0.15, 0.2) is 11.6 Å². The van der Waals surface area contributed by atoms with Crippen molar-refractivity contribution in [2.45, 2.75) is 6.04 Å². The summed E-state index contributed by atoms with van der Waals surface area (Å²) in [4.78, 5) is 16.8. The van der Waals surface area contributed by atoms with Crippen molar-refractivity contribution in [3.8, 4) is 0 Å². The second-order valence-corrected chi connectivity index (χ2v) is 6.01. The summed E-state index contributed by atoms with van der Waals surface area (Å²) in [5.41, 5.74) is 0.347. The van der Waals surface area contributed by atoms with Gasteiger partial charge >= 0.3 is 0 Å². The Morgan fingerprint density at radius 2 is 1.81 bits per heavy atom. The highest BCUT2D eigenvalue weighted by Gasteiger charge is 2.23. The minimum atomic E-state index is -1.19. The van der Waals surface area contributed by atoms with Gasteiger partial charge in [0.25, 0.3) is 5.91 Å². The van der Waals surface area contributed by atoms with Crippen LogP contribution < -0.4 is 5.32 Å². The number of aromatic nitrogens is 2. The van der Waals surface area contributed by atoms with Crippen LogP contribution in [0.2, 0.25) is 5.02 Å². The van der Waals surface area contributed by atoms with Gasteiger partial charge in [-0.15, -0.1) is 0 Å². The average molecular weight is 380 g/mol. The van der Waals surface area contributed by atoms with Crippen LogP contribution in [0.5, 0.6) is 0 Å². The normalized spacial score (nSPS) is 12.0. The monoisotopic (exact) mass is 379 g/mol. The molecule has 26 heavy (non-hydrogen) atoms. The number of benzene rings is 2. The highest BCUT2D eigenvalue weighted by atomic mass is 35.5. The molecule has 1 atom stereocenters. The molecule has 0 saturated carbocycles. The predicted octanol–water partition coefficient (Wildman–Crippen LogP) is 4.01. The zero-order chi connectivity index (χ0) is 18.8. The van der Waals surface area contributed by atoms with E-state index in [1.165, 1.54) is 24.3 Å². The first-order chi connectivity index (χ1) is 12.4. The molecule has 2 aromatic carbocycles. The molecule has 4 nitrogen and oxygen atoms in total. The van der Waals surface area contributed by atoms with Crippen molar-refractivity contribution in [2.75, 3.05) is 0 Å². The number of carbonyl (C=O) groups excluding carboxylic acids is 1. The van der Waals surface area contributed by atoms with Crippen molar-refractivity contribution in [1.82, 2.24) is 14.9 Å². The Labute approximate surface area is 152 Å². The maximum Gasteiger partial charge on any atom is 0.253 e. The zero-order valence-electron chi connectivity index (χ0n) is 13.5. The molecule has 0 saturated heterocycles. The second kappa shape index (κ2) is 7.21. The first-order valence-corrected chi connectivity index (χ1v) is 7.92. The van der Waals surface area contributed by atoms with E-state index in [2.05, 4.69) is 10.3 Å². The highest BCUT2D eigenvalue weighted by Crippen LogP contribution is 2.24. The number of nitrogens with one attached hydrogen (secondary N) is 1. The zero-order valence-corrected chi connectivity index (χ0v) is 14.3. The van der Waals surface area contributed by atoms with E-state index in [1.807, 2.05) is 0 Å². The average Bonchev–Trinajstić information content (AvgIpc) is 3.02. The number of hydrogen-bond acceptors (Lipinski definition) is 2. The van der Waals surface area contributed by atoms with E-state index in [0.717, 1.165) is 12.1 Å². The Morgan fingerprint density at radius 1 is 1.15 bits per heavy atom. The van der Waals surface area contributed by atoms with Crippen molar-refractivity contribution in [3.05, 3.63) is 88.2 Å². The van der Waals surface area contributed by atoms with Crippen LogP contribution in [0.4, 0.5) is 13.2 Å². The summed E-state index contributed by atoms with van der Waals surface area (Å²) < 4.78 is 41.6. The van der Waals surface area contributed by atoms with E-state index >= 15 is 0 Å². The van der Waals surface area contributed by atoms with Gasteiger partial charge in [0, 0.05) is 19.4 Å². The van der Waals surface area contributed by atoms with Crippen molar-refractivity contribution < 1.29 is 18.0 Å². The van der Waals surface area contributed by atoms with Gasteiger partial charge in [0.2, 0.25) is 0 Å². The molecule has 0 spiro atoms. The number of rotatable bonds is 4. The van der Waals surface area contributed by atoms with Gasteiger partial charge in [0.1, 0.15) is 17.7 Å². The molecule has 1 heterocycles. The third-order valence-corrected chi connectivity index (χ3v) is 4.16. The molecule has 8 heteroatoms. The predicted molar refractivity (Wildman–Crippen MR) is 90.3 cm³/mol. The third-order valence-electron chi connectivity index (χ3n) is 3.85. The van der Waals surface area contributed by atoms with E-state index in [-0.39, 0.29) is 10.6 Å². The molecule has 0 fully saturated rings. The summed E-state index contributed by atoms with van der Waals surface area (Å²) >= 11 is 5.86. The molecule has 0 aliphatic heterocycles. The summed E-state index contributed by atoms with van der Waals surface area (Å²) in [6.45, 7) is 0. The Morgan fingerprint density at radius 3 is 2.42 bits per heavy atom. The minimum absolute atomic E-state index is 0.216. The summed E-state index contributed by atoms with van der Waals surface area (Å²) in [6, 6.07) is 6.23. The Balaban J connectivity index is 1.98. The first-order valence-electron chi connectivity index (χ1n) is 7.55. The number of halogens is 4. The summed E-state index contributed by atoms with van der Waals surface area (Å²) in [5.74, 6) is -3.00. The van der Waals surface area contributed by atoms with Crippen LogP contribution >= 0.6 is 11.6 Å². The fourth-order valence-electron chi connectivity index (χ4n) is 2.51. The summed E-state index contributed by atoms with van der Waals surface area (Å²) in [5, 5.41) is 2.46. The number of nitrogens with zero attached hydrogens (tertiary/aromatic N) is 2. The number of hydrogen-bond donors (Lipinski definition) is 1. The fraction of sp³-hybridized carbons (Fsp3) is 0.111. The molecule has 1 aromatic heterocycles. The molecular weight excluding hydrogens is 367 g/mol. The topological polar surface area (TPSA) is 46.9 Å². The van der Waals surface area contributed by atoms with E-state index in [1.54, 1.807) is 24.0 Å². The lowest BCUT2D eigenvalue weighted by molar-refractivity contribution is 0.0940. The van der Waals surface area contributed by atoms with Gasteiger partial charge in [-0.05, 0) is 29.8 Å². The van der Waals surface area contributed by atoms with Gasteiger partial charge in [-0.2, -0.15) is 0 Å². The van der Waals surface area contributed by atoms with E-state index in [0.29, 0.717) is 11.4 Å². The molecule has 0 bridgehead atoms. The molecule has 1 unspecified atom stereocenters. The van der Waals surface area contributed by atoms with E-state index in [4.69, 9.17) is 11.6 Å². The minimum Gasteiger partial charge on any atom is -0.338 e. The maximum absolute atomic E-state index is 13.5. The van der Waals surface area contributed by atoms with Gasteiger partial charge in [0.05, 0.1) is 10.6 Å². The van der Waals surface area contributed by atoms with Gasteiger partial charge in [-0.1, -0.05) is 23.7 Å². The molecule has 3 rings (SSSR count). The van der Waals surface area contributed by atoms with Crippen molar-refractivity contribution in [2.24, 2.45) is 7.05 Å². The lowest BCUT2D eigenvalue weighted by Gasteiger charge is -2.19. The number of aryl methyl sites for hydroxylation is 1. The molecule has 0 aliphatic carbocycles. The number of amides is 1. The molecular formula is C18H13ClF3N3O. The largest absolute Gasteiger partial charge is 0.338 e. The number of imidazole rings is 1. The standard InChI is InChI=1S/C18H13ClF3N3O/c1-25-7-6-23-17(25)16(10-2-4-11(20)5-3-10)24-18(26)12-8-14(21)15(22)9-13(12)19/h2-9,16H,1H3,(H,24,26). The molecule has 0 radical (unpaired) electrons. The lowest BCUT2D eigenvalue weighted by atomic mass is 10.0. The van der Waals surface area contributed by atoms with Crippen LogP contribution in [-0.4, -0.2) is 15.5 Å². The van der Waals surface area contributed by atoms with Gasteiger partial charge in [-0.25, -0.2) is 18.2 Å². The molecule has 3 aromatic rings. The molecule has 1 N–H and O–H groups in total. The van der Waals surface area contributed by atoms with Crippen LogP contribution in [0.1, 0.15) is 27.8 Å². The third kappa shape index (κ3) is 3.57.